The Morgan fingerprint density at radius 2 is 2.00 bits per heavy atom. The highest BCUT2D eigenvalue weighted by molar-refractivity contribution is 9.10. The molecule has 0 N–H and O–H groups in total. The lowest BCUT2D eigenvalue weighted by Gasteiger charge is -2.25. The molecule has 1 saturated heterocycles. The molecule has 0 aliphatic carbocycles. The third-order valence-electron chi connectivity index (χ3n) is 4.01. The summed E-state index contributed by atoms with van der Waals surface area (Å²) in [6.07, 6.45) is 2.00. The van der Waals surface area contributed by atoms with Gasteiger partial charge >= 0.3 is 0 Å². The van der Waals surface area contributed by atoms with Gasteiger partial charge in [-0.1, -0.05) is 28.1 Å². The summed E-state index contributed by atoms with van der Waals surface area (Å²) in [7, 11) is 0. The molecule has 1 aliphatic rings. The van der Waals surface area contributed by atoms with Crippen LogP contribution >= 0.6 is 15.9 Å². The minimum atomic E-state index is 0.0342. The monoisotopic (exact) mass is 354 g/mol. The summed E-state index contributed by atoms with van der Waals surface area (Å²) in [4.78, 5) is 14.7. The standard InChI is InChI=1S/C18H15BrN2O/c19-16-4-1-3-15(11-16)17-5-2-10-21(17)18(22)14-8-6-13(12-20)7-9-14/h1,3-4,6-9,11,17H,2,5,10H2. The Morgan fingerprint density at radius 3 is 2.68 bits per heavy atom. The van der Waals surface area contributed by atoms with Crippen LogP contribution in [0.4, 0.5) is 0 Å². The molecule has 22 heavy (non-hydrogen) atoms. The van der Waals surface area contributed by atoms with Crippen LogP contribution in [-0.2, 0) is 0 Å². The summed E-state index contributed by atoms with van der Waals surface area (Å²) in [5, 5.41) is 8.85. The molecular formula is C18H15BrN2O. The van der Waals surface area contributed by atoms with E-state index in [9.17, 15) is 4.79 Å². The van der Waals surface area contributed by atoms with Crippen LogP contribution < -0.4 is 0 Å². The Hall–Kier alpha value is -2.12. The zero-order valence-electron chi connectivity index (χ0n) is 12.0. The van der Waals surface area contributed by atoms with Crippen LogP contribution in [0.25, 0.3) is 0 Å². The fourth-order valence-electron chi connectivity index (χ4n) is 2.92. The van der Waals surface area contributed by atoms with Crippen LogP contribution in [0.3, 0.4) is 0 Å². The first-order chi connectivity index (χ1) is 10.7. The van der Waals surface area contributed by atoms with E-state index in [4.69, 9.17) is 5.26 Å². The van der Waals surface area contributed by atoms with E-state index in [1.807, 2.05) is 17.0 Å². The van der Waals surface area contributed by atoms with E-state index >= 15 is 0 Å². The predicted molar refractivity (Wildman–Crippen MR) is 88.3 cm³/mol. The molecule has 0 spiro atoms. The number of benzene rings is 2. The largest absolute Gasteiger partial charge is 0.332 e. The van der Waals surface area contributed by atoms with Crippen molar-refractivity contribution in [3.8, 4) is 6.07 Å². The van der Waals surface area contributed by atoms with Crippen molar-refractivity contribution in [2.24, 2.45) is 0 Å². The van der Waals surface area contributed by atoms with Crippen molar-refractivity contribution in [1.82, 2.24) is 4.90 Å². The molecule has 3 nitrogen and oxygen atoms in total. The zero-order valence-corrected chi connectivity index (χ0v) is 13.6. The molecule has 3 rings (SSSR count). The summed E-state index contributed by atoms with van der Waals surface area (Å²) >= 11 is 3.49. The maximum Gasteiger partial charge on any atom is 0.254 e. The van der Waals surface area contributed by atoms with Gasteiger partial charge in [-0.25, -0.2) is 0 Å². The number of hydrogen-bond donors (Lipinski definition) is 0. The summed E-state index contributed by atoms with van der Waals surface area (Å²) in [5.74, 6) is 0.0342. The molecule has 1 amide bonds. The number of nitriles is 1. The quantitative estimate of drug-likeness (QED) is 0.806. The Balaban J connectivity index is 1.86. The first-order valence-corrected chi connectivity index (χ1v) is 8.05. The minimum Gasteiger partial charge on any atom is -0.332 e. The highest BCUT2D eigenvalue weighted by Gasteiger charge is 2.30. The van der Waals surface area contributed by atoms with Gasteiger partial charge in [0.1, 0.15) is 0 Å². The molecule has 0 aromatic heterocycles. The lowest BCUT2D eigenvalue weighted by atomic mass is 10.0. The number of hydrogen-bond acceptors (Lipinski definition) is 2. The molecule has 4 heteroatoms. The van der Waals surface area contributed by atoms with Crippen LogP contribution in [-0.4, -0.2) is 17.4 Å². The van der Waals surface area contributed by atoms with Crippen molar-refractivity contribution in [2.75, 3.05) is 6.54 Å². The fraction of sp³-hybridized carbons (Fsp3) is 0.222. The average Bonchev–Trinajstić information content (AvgIpc) is 3.04. The number of amides is 1. The number of carbonyl (C=O) groups is 1. The summed E-state index contributed by atoms with van der Waals surface area (Å²) in [6, 6.07) is 17.2. The smallest absolute Gasteiger partial charge is 0.254 e. The Morgan fingerprint density at radius 1 is 1.23 bits per heavy atom. The van der Waals surface area contributed by atoms with Gasteiger partial charge in [0.2, 0.25) is 0 Å². The van der Waals surface area contributed by atoms with E-state index in [2.05, 4.69) is 34.1 Å². The number of nitrogens with zero attached hydrogens (tertiary/aromatic N) is 2. The van der Waals surface area contributed by atoms with Crippen molar-refractivity contribution in [3.63, 3.8) is 0 Å². The third kappa shape index (κ3) is 2.90. The third-order valence-corrected chi connectivity index (χ3v) is 4.50. The van der Waals surface area contributed by atoms with Gasteiger partial charge in [0.15, 0.2) is 0 Å². The van der Waals surface area contributed by atoms with E-state index in [1.54, 1.807) is 24.3 Å². The van der Waals surface area contributed by atoms with E-state index in [1.165, 1.54) is 0 Å². The van der Waals surface area contributed by atoms with Crippen molar-refractivity contribution < 1.29 is 4.79 Å². The maximum absolute atomic E-state index is 12.7. The molecule has 0 bridgehead atoms. The summed E-state index contributed by atoms with van der Waals surface area (Å²) in [6.45, 7) is 0.774. The van der Waals surface area contributed by atoms with E-state index in [0.717, 1.165) is 29.4 Å². The topological polar surface area (TPSA) is 44.1 Å². The van der Waals surface area contributed by atoms with Crippen molar-refractivity contribution in [1.29, 1.82) is 5.26 Å². The van der Waals surface area contributed by atoms with Crippen LogP contribution in [0.2, 0.25) is 0 Å². The molecule has 1 unspecified atom stereocenters. The number of halogens is 1. The molecule has 0 saturated carbocycles. The summed E-state index contributed by atoms with van der Waals surface area (Å²) < 4.78 is 1.03. The highest BCUT2D eigenvalue weighted by atomic mass is 79.9. The second kappa shape index (κ2) is 6.33. The summed E-state index contributed by atoms with van der Waals surface area (Å²) in [5.41, 5.74) is 2.37. The lowest BCUT2D eigenvalue weighted by molar-refractivity contribution is 0.0735. The number of rotatable bonds is 2. The van der Waals surface area contributed by atoms with E-state index in [-0.39, 0.29) is 11.9 Å². The van der Waals surface area contributed by atoms with Gasteiger partial charge in [-0.05, 0) is 54.8 Å². The van der Waals surface area contributed by atoms with Crippen molar-refractivity contribution >= 4 is 21.8 Å². The number of carbonyl (C=O) groups excluding carboxylic acids is 1. The van der Waals surface area contributed by atoms with Gasteiger partial charge in [0.05, 0.1) is 17.7 Å². The van der Waals surface area contributed by atoms with Crippen LogP contribution in [0.5, 0.6) is 0 Å². The first kappa shape index (κ1) is 14.8. The maximum atomic E-state index is 12.7. The van der Waals surface area contributed by atoms with Crippen molar-refractivity contribution in [3.05, 3.63) is 69.7 Å². The SMILES string of the molecule is N#Cc1ccc(C(=O)N2CCCC2c2cccc(Br)c2)cc1. The van der Waals surface area contributed by atoms with Gasteiger partial charge in [-0.3, -0.25) is 4.79 Å². The van der Waals surface area contributed by atoms with Gasteiger partial charge < -0.3 is 4.90 Å². The van der Waals surface area contributed by atoms with Crippen LogP contribution in [0.15, 0.2) is 53.0 Å². The van der Waals surface area contributed by atoms with Gasteiger partial charge in [0.25, 0.3) is 5.91 Å². The van der Waals surface area contributed by atoms with Crippen LogP contribution in [0, 0.1) is 11.3 Å². The Labute approximate surface area is 138 Å². The molecule has 0 radical (unpaired) electrons. The normalized spacial score (nSPS) is 17.3. The molecule has 1 atom stereocenters. The molecular weight excluding hydrogens is 340 g/mol. The van der Waals surface area contributed by atoms with Gasteiger partial charge in [-0.2, -0.15) is 5.26 Å². The molecule has 2 aromatic rings. The number of likely N-dealkylation sites (tertiary alicyclic amines) is 1. The van der Waals surface area contributed by atoms with Crippen LogP contribution in [0.1, 0.15) is 40.4 Å². The van der Waals surface area contributed by atoms with E-state index in [0.29, 0.717) is 11.1 Å². The second-order valence-corrected chi connectivity index (χ2v) is 6.32. The zero-order chi connectivity index (χ0) is 15.5. The van der Waals surface area contributed by atoms with Gasteiger partial charge in [-0.15, -0.1) is 0 Å². The minimum absolute atomic E-state index is 0.0342. The molecule has 1 heterocycles. The first-order valence-electron chi connectivity index (χ1n) is 7.25. The molecule has 1 aliphatic heterocycles. The van der Waals surface area contributed by atoms with E-state index < -0.39 is 0 Å². The second-order valence-electron chi connectivity index (χ2n) is 5.40. The predicted octanol–water partition coefficient (Wildman–Crippen LogP) is 4.30. The van der Waals surface area contributed by atoms with Gasteiger partial charge in [0, 0.05) is 16.6 Å². The Kier molecular flexibility index (Phi) is 4.26. The Bertz CT molecular complexity index is 733. The lowest BCUT2D eigenvalue weighted by Crippen LogP contribution is -2.30. The van der Waals surface area contributed by atoms with Crippen molar-refractivity contribution in [2.45, 2.75) is 18.9 Å². The molecule has 110 valence electrons. The average molecular weight is 355 g/mol. The molecule has 1 fully saturated rings. The highest BCUT2D eigenvalue weighted by Crippen LogP contribution is 2.34. The fourth-order valence-corrected chi connectivity index (χ4v) is 3.34. The molecule has 2 aromatic carbocycles.